The predicted molar refractivity (Wildman–Crippen MR) is 85.0 cm³/mol. The number of pyridine rings is 1. The average Bonchev–Trinajstić information content (AvgIpc) is 2.91. The molecule has 0 radical (unpaired) electrons. The molecule has 1 N–H and O–H groups in total. The number of halogens is 3. The molecule has 0 atom stereocenters. The molecule has 2 heterocycles. The van der Waals surface area contributed by atoms with Gasteiger partial charge in [-0.1, -0.05) is 16.8 Å². The Kier molecular flexibility index (Phi) is 3.97. The topological polar surface area (TPSA) is 72.0 Å². The molecule has 0 amide bonds. The van der Waals surface area contributed by atoms with Gasteiger partial charge in [0, 0.05) is 20.2 Å². The van der Waals surface area contributed by atoms with Crippen LogP contribution in [0.2, 0.25) is 5.02 Å². The van der Waals surface area contributed by atoms with E-state index in [-0.39, 0.29) is 11.6 Å². The van der Waals surface area contributed by atoms with E-state index in [4.69, 9.17) is 16.1 Å². The predicted octanol–water partition coefficient (Wildman–Crippen LogP) is 4.68. The number of hydrogen-bond donors (Lipinski definition) is 1. The van der Waals surface area contributed by atoms with E-state index < -0.39 is 0 Å². The van der Waals surface area contributed by atoms with Crippen LogP contribution in [0, 0.1) is 0 Å². The Morgan fingerprint density at radius 2 is 2.00 bits per heavy atom. The molecule has 5 nitrogen and oxygen atoms in total. The lowest BCUT2D eigenvalue weighted by atomic mass is 10.2. The van der Waals surface area contributed by atoms with Crippen LogP contribution < -0.4 is 0 Å². The largest absolute Gasteiger partial charge is 0.507 e. The van der Waals surface area contributed by atoms with Crippen LogP contribution in [0.5, 0.6) is 5.75 Å². The summed E-state index contributed by atoms with van der Waals surface area (Å²) in [5.74, 6) is 0.489. The van der Waals surface area contributed by atoms with Crippen molar-refractivity contribution in [3.8, 4) is 28.7 Å². The molecule has 1 aromatic carbocycles. The van der Waals surface area contributed by atoms with Gasteiger partial charge in [0.25, 0.3) is 5.89 Å². The fourth-order valence-corrected chi connectivity index (χ4v) is 3.02. The molecule has 0 unspecified atom stereocenters. The first-order valence-electron chi connectivity index (χ1n) is 5.68. The van der Waals surface area contributed by atoms with Crippen molar-refractivity contribution < 1.29 is 9.63 Å². The zero-order valence-corrected chi connectivity index (χ0v) is 14.1. The maximum Gasteiger partial charge on any atom is 0.262 e. The van der Waals surface area contributed by atoms with Crippen LogP contribution in [0.1, 0.15) is 0 Å². The van der Waals surface area contributed by atoms with Gasteiger partial charge in [0.15, 0.2) is 0 Å². The van der Waals surface area contributed by atoms with Gasteiger partial charge in [0.1, 0.15) is 11.4 Å². The second kappa shape index (κ2) is 5.75. The second-order valence-corrected chi connectivity index (χ2v) is 6.28. The van der Waals surface area contributed by atoms with Crippen LogP contribution in [0.25, 0.3) is 23.0 Å². The molecular weight excluding hydrogens is 425 g/mol. The highest BCUT2D eigenvalue weighted by atomic mass is 79.9. The Hall–Kier alpha value is -1.44. The molecule has 0 aliphatic carbocycles. The van der Waals surface area contributed by atoms with Crippen LogP contribution >= 0.6 is 43.5 Å². The zero-order valence-electron chi connectivity index (χ0n) is 10.2. The Balaban J connectivity index is 2.06. The third-order valence-corrected chi connectivity index (χ3v) is 3.91. The highest BCUT2D eigenvalue weighted by Crippen LogP contribution is 2.33. The van der Waals surface area contributed by atoms with Gasteiger partial charge in [-0.15, -0.1) is 0 Å². The lowest BCUT2D eigenvalue weighted by Gasteiger charge is -1.99. The molecule has 8 heteroatoms. The van der Waals surface area contributed by atoms with Crippen molar-refractivity contribution in [2.24, 2.45) is 0 Å². The van der Waals surface area contributed by atoms with E-state index in [1.54, 1.807) is 18.3 Å². The second-order valence-electron chi connectivity index (χ2n) is 4.07. The molecule has 0 saturated heterocycles. The van der Waals surface area contributed by atoms with E-state index in [0.29, 0.717) is 22.1 Å². The molecule has 0 aliphatic rings. The summed E-state index contributed by atoms with van der Waals surface area (Å²) < 4.78 is 6.72. The summed E-state index contributed by atoms with van der Waals surface area (Å²) in [5, 5.41) is 14.2. The summed E-state index contributed by atoms with van der Waals surface area (Å²) in [4.78, 5) is 8.47. The minimum atomic E-state index is 0.0115. The minimum Gasteiger partial charge on any atom is -0.507 e. The molecule has 0 aliphatic heterocycles. The van der Waals surface area contributed by atoms with Gasteiger partial charge in [-0.3, -0.25) is 4.98 Å². The zero-order chi connectivity index (χ0) is 15.0. The van der Waals surface area contributed by atoms with Crippen LogP contribution in [-0.4, -0.2) is 20.2 Å². The lowest BCUT2D eigenvalue weighted by Crippen LogP contribution is -1.88. The van der Waals surface area contributed by atoms with Gasteiger partial charge >= 0.3 is 0 Å². The Bertz CT molecular complexity index is 823. The fourth-order valence-electron chi connectivity index (χ4n) is 1.69. The van der Waals surface area contributed by atoms with Crippen LogP contribution in [0.15, 0.2) is 43.9 Å². The summed E-state index contributed by atoms with van der Waals surface area (Å²) in [6.07, 6.45) is 1.63. The Morgan fingerprint density at radius 1 is 1.19 bits per heavy atom. The van der Waals surface area contributed by atoms with Crippen LogP contribution in [0.3, 0.4) is 0 Å². The fraction of sp³-hybridized carbons (Fsp3) is 0. The summed E-state index contributed by atoms with van der Waals surface area (Å²) >= 11 is 12.6. The molecule has 0 spiro atoms. The maximum atomic E-state index is 9.84. The van der Waals surface area contributed by atoms with Crippen molar-refractivity contribution in [1.82, 2.24) is 15.1 Å². The number of phenols is 1. The Morgan fingerprint density at radius 3 is 2.76 bits per heavy atom. The van der Waals surface area contributed by atoms with E-state index in [9.17, 15) is 5.11 Å². The summed E-state index contributed by atoms with van der Waals surface area (Å²) in [6, 6.07) is 6.42. The first-order valence-corrected chi connectivity index (χ1v) is 7.65. The van der Waals surface area contributed by atoms with E-state index in [2.05, 4.69) is 47.0 Å². The maximum absolute atomic E-state index is 9.84. The van der Waals surface area contributed by atoms with Crippen molar-refractivity contribution in [2.75, 3.05) is 0 Å². The molecule has 2 aromatic heterocycles. The third kappa shape index (κ3) is 2.95. The van der Waals surface area contributed by atoms with Crippen molar-refractivity contribution in [1.29, 1.82) is 0 Å². The van der Waals surface area contributed by atoms with Crippen molar-refractivity contribution in [3.05, 3.63) is 44.4 Å². The van der Waals surface area contributed by atoms with Gasteiger partial charge in [-0.05, 0) is 56.1 Å². The van der Waals surface area contributed by atoms with Gasteiger partial charge in [0.2, 0.25) is 5.82 Å². The summed E-state index contributed by atoms with van der Waals surface area (Å²) in [5.41, 5.74) is 0.907. The highest BCUT2D eigenvalue weighted by Gasteiger charge is 2.17. The summed E-state index contributed by atoms with van der Waals surface area (Å²) in [7, 11) is 0. The van der Waals surface area contributed by atoms with Crippen molar-refractivity contribution in [2.45, 2.75) is 0 Å². The molecule has 0 bridgehead atoms. The molecule has 0 fully saturated rings. The smallest absolute Gasteiger partial charge is 0.262 e. The SMILES string of the molecule is Oc1ccc(Cl)cc1-c1nc(-c2ncc(Br)cc2Br)no1. The van der Waals surface area contributed by atoms with Gasteiger partial charge in [-0.25, -0.2) is 0 Å². The highest BCUT2D eigenvalue weighted by molar-refractivity contribution is 9.11. The summed E-state index contributed by atoms with van der Waals surface area (Å²) in [6.45, 7) is 0. The van der Waals surface area contributed by atoms with E-state index in [0.717, 1.165) is 8.95 Å². The van der Waals surface area contributed by atoms with Crippen LogP contribution in [-0.2, 0) is 0 Å². The Labute approximate surface area is 141 Å². The molecule has 3 aromatic rings. The first kappa shape index (κ1) is 14.5. The van der Waals surface area contributed by atoms with E-state index >= 15 is 0 Å². The molecular formula is C13H6Br2ClN3O2. The monoisotopic (exact) mass is 429 g/mol. The standard InChI is InChI=1S/C13H6Br2ClN3O2/c14-6-3-9(15)11(17-5-6)12-18-13(21-19-12)8-4-7(16)1-2-10(8)20/h1-5,20H. The number of nitrogens with zero attached hydrogens (tertiary/aromatic N) is 3. The van der Waals surface area contributed by atoms with E-state index in [1.807, 2.05) is 6.07 Å². The molecule has 21 heavy (non-hydrogen) atoms. The number of aromatic nitrogens is 3. The number of phenolic OH excluding ortho intramolecular Hbond substituents is 1. The number of hydrogen-bond acceptors (Lipinski definition) is 5. The van der Waals surface area contributed by atoms with Crippen molar-refractivity contribution >= 4 is 43.5 Å². The third-order valence-electron chi connectivity index (χ3n) is 2.63. The van der Waals surface area contributed by atoms with Gasteiger partial charge in [0.05, 0.1) is 5.56 Å². The van der Waals surface area contributed by atoms with E-state index in [1.165, 1.54) is 6.07 Å². The van der Waals surface area contributed by atoms with Crippen LogP contribution in [0.4, 0.5) is 0 Å². The van der Waals surface area contributed by atoms with Crippen molar-refractivity contribution in [3.63, 3.8) is 0 Å². The lowest BCUT2D eigenvalue weighted by molar-refractivity contribution is 0.425. The first-order chi connectivity index (χ1) is 10.0. The molecule has 106 valence electrons. The average molecular weight is 431 g/mol. The van der Waals surface area contributed by atoms with Gasteiger partial charge < -0.3 is 9.63 Å². The number of benzene rings is 1. The minimum absolute atomic E-state index is 0.0115. The quantitative estimate of drug-likeness (QED) is 0.638. The normalized spacial score (nSPS) is 10.8. The molecule has 0 saturated carbocycles. The number of aromatic hydroxyl groups is 1. The number of rotatable bonds is 2. The van der Waals surface area contributed by atoms with Gasteiger partial charge in [-0.2, -0.15) is 4.98 Å². The molecule has 3 rings (SSSR count).